The Labute approximate surface area is 190 Å². The molecule has 0 aliphatic heterocycles. The van der Waals surface area contributed by atoms with Gasteiger partial charge in [-0.1, -0.05) is 66.7 Å². The third kappa shape index (κ3) is 7.38. The molecule has 3 rings (SSSR count). The molecule has 0 amide bonds. The molecule has 0 bridgehead atoms. The summed E-state index contributed by atoms with van der Waals surface area (Å²) in [6.07, 6.45) is 2.46. The van der Waals surface area contributed by atoms with Crippen LogP contribution in [0.25, 0.3) is 0 Å². The van der Waals surface area contributed by atoms with Crippen molar-refractivity contribution in [2.45, 2.75) is 45.1 Å². The molecule has 3 aromatic rings. The molecule has 0 spiro atoms. The Morgan fingerprint density at radius 3 is 2.25 bits per heavy atom. The van der Waals surface area contributed by atoms with Crippen LogP contribution in [0.1, 0.15) is 35.3 Å². The number of aliphatic hydroxyl groups excluding tert-OH is 1. The quantitative estimate of drug-likeness (QED) is 0.436. The van der Waals surface area contributed by atoms with Crippen LogP contribution >= 0.6 is 0 Å². The maximum absolute atomic E-state index is 13.1. The molecule has 2 atom stereocenters. The Kier molecular flexibility index (Phi) is 9.11. The van der Waals surface area contributed by atoms with Crippen LogP contribution in [0.2, 0.25) is 0 Å². The summed E-state index contributed by atoms with van der Waals surface area (Å²) in [6.45, 7) is 5.52. The first-order chi connectivity index (χ1) is 15.5. The molecule has 0 saturated heterocycles. The standard InChI is InChI=1S/C27H32N2O3/c1-21(2)29(18-22-10-5-3-6-11-22)19-25(30)20-32-26(16-23-12-9-15-28-17-23)27(31)24-13-7-4-8-14-24/h3-15,17,21,25-26,30H,16,18-20H2,1-2H3. The van der Waals surface area contributed by atoms with Crippen LogP contribution in [0.3, 0.4) is 0 Å². The zero-order valence-corrected chi connectivity index (χ0v) is 18.8. The van der Waals surface area contributed by atoms with Gasteiger partial charge in [-0.15, -0.1) is 0 Å². The van der Waals surface area contributed by atoms with Crippen molar-refractivity contribution in [2.24, 2.45) is 0 Å². The van der Waals surface area contributed by atoms with Gasteiger partial charge in [0.25, 0.3) is 0 Å². The van der Waals surface area contributed by atoms with Crippen LogP contribution in [0.5, 0.6) is 0 Å². The van der Waals surface area contributed by atoms with Crippen molar-refractivity contribution in [1.29, 1.82) is 0 Å². The van der Waals surface area contributed by atoms with E-state index in [1.165, 1.54) is 5.56 Å². The molecule has 1 N–H and O–H groups in total. The second-order valence-corrected chi connectivity index (χ2v) is 8.28. The van der Waals surface area contributed by atoms with Crippen LogP contribution in [0.4, 0.5) is 0 Å². The van der Waals surface area contributed by atoms with E-state index in [1.54, 1.807) is 24.5 Å². The van der Waals surface area contributed by atoms with Crippen molar-refractivity contribution >= 4 is 5.78 Å². The van der Waals surface area contributed by atoms with E-state index in [-0.39, 0.29) is 18.4 Å². The van der Waals surface area contributed by atoms with Gasteiger partial charge < -0.3 is 9.84 Å². The molecule has 0 aliphatic carbocycles. The maximum atomic E-state index is 13.1. The first kappa shape index (κ1) is 23.8. The Balaban J connectivity index is 1.64. The molecular weight excluding hydrogens is 400 g/mol. The Morgan fingerprint density at radius 2 is 1.62 bits per heavy atom. The number of carbonyl (C=O) groups is 1. The summed E-state index contributed by atoms with van der Waals surface area (Å²) in [6, 6.07) is 23.4. The lowest BCUT2D eigenvalue weighted by molar-refractivity contribution is -0.0177. The molecule has 0 radical (unpaired) electrons. The zero-order valence-electron chi connectivity index (χ0n) is 18.8. The smallest absolute Gasteiger partial charge is 0.191 e. The highest BCUT2D eigenvalue weighted by Crippen LogP contribution is 2.14. The molecule has 2 unspecified atom stereocenters. The highest BCUT2D eigenvalue weighted by molar-refractivity contribution is 5.99. The Bertz CT molecular complexity index is 933. The number of carbonyl (C=O) groups excluding carboxylic acids is 1. The van der Waals surface area contributed by atoms with Gasteiger partial charge in [0.05, 0.1) is 12.7 Å². The van der Waals surface area contributed by atoms with Crippen LogP contribution < -0.4 is 0 Å². The van der Waals surface area contributed by atoms with Crippen LogP contribution in [-0.4, -0.2) is 52.2 Å². The van der Waals surface area contributed by atoms with E-state index in [0.717, 1.165) is 12.1 Å². The van der Waals surface area contributed by atoms with Crippen molar-refractivity contribution in [3.8, 4) is 0 Å². The third-order valence-electron chi connectivity index (χ3n) is 5.39. The van der Waals surface area contributed by atoms with Gasteiger partial charge >= 0.3 is 0 Å². The van der Waals surface area contributed by atoms with Gasteiger partial charge in [0.2, 0.25) is 0 Å². The molecule has 5 nitrogen and oxygen atoms in total. The lowest BCUT2D eigenvalue weighted by Crippen LogP contribution is -2.40. The number of ether oxygens (including phenoxy) is 1. The summed E-state index contributed by atoms with van der Waals surface area (Å²) in [5.41, 5.74) is 2.72. The van der Waals surface area contributed by atoms with Gasteiger partial charge in [-0.2, -0.15) is 0 Å². The van der Waals surface area contributed by atoms with E-state index in [9.17, 15) is 9.90 Å². The number of ketones is 1. The predicted octanol–water partition coefficient (Wildman–Crippen LogP) is 4.16. The fourth-order valence-electron chi connectivity index (χ4n) is 3.58. The van der Waals surface area contributed by atoms with E-state index < -0.39 is 12.2 Å². The number of aliphatic hydroxyl groups is 1. The third-order valence-corrected chi connectivity index (χ3v) is 5.39. The summed E-state index contributed by atoms with van der Waals surface area (Å²) in [7, 11) is 0. The Hall–Kier alpha value is -2.86. The maximum Gasteiger partial charge on any atom is 0.191 e. The summed E-state index contributed by atoms with van der Waals surface area (Å²) in [5.74, 6) is -0.0911. The second kappa shape index (κ2) is 12.2. The number of rotatable bonds is 12. The summed E-state index contributed by atoms with van der Waals surface area (Å²) < 4.78 is 6.00. The van der Waals surface area contributed by atoms with Crippen LogP contribution in [0, 0.1) is 0 Å². The lowest BCUT2D eigenvalue weighted by atomic mass is 10.0. The minimum atomic E-state index is -0.707. The number of aromatic nitrogens is 1. The number of Topliss-reactive ketones (excluding diaryl/α,β-unsaturated/α-hetero) is 1. The van der Waals surface area contributed by atoms with Gasteiger partial charge in [0.1, 0.15) is 6.10 Å². The molecule has 2 aromatic carbocycles. The molecule has 32 heavy (non-hydrogen) atoms. The number of hydrogen-bond acceptors (Lipinski definition) is 5. The van der Waals surface area contributed by atoms with Gasteiger partial charge in [-0.25, -0.2) is 0 Å². The van der Waals surface area contributed by atoms with Crippen LogP contribution in [-0.2, 0) is 17.7 Å². The summed E-state index contributed by atoms with van der Waals surface area (Å²) in [5, 5.41) is 10.7. The number of pyridine rings is 1. The van der Waals surface area contributed by atoms with Gasteiger partial charge in [-0.3, -0.25) is 14.7 Å². The average molecular weight is 433 g/mol. The van der Waals surface area contributed by atoms with Crippen molar-refractivity contribution in [1.82, 2.24) is 9.88 Å². The van der Waals surface area contributed by atoms with E-state index in [0.29, 0.717) is 18.5 Å². The predicted molar refractivity (Wildman–Crippen MR) is 126 cm³/mol. The zero-order chi connectivity index (χ0) is 22.8. The van der Waals surface area contributed by atoms with E-state index in [2.05, 4.69) is 35.9 Å². The molecule has 168 valence electrons. The molecule has 0 aliphatic rings. The van der Waals surface area contributed by atoms with E-state index in [1.807, 2.05) is 48.5 Å². The van der Waals surface area contributed by atoms with E-state index >= 15 is 0 Å². The van der Waals surface area contributed by atoms with Crippen molar-refractivity contribution in [3.05, 3.63) is 102 Å². The first-order valence-corrected chi connectivity index (χ1v) is 11.1. The lowest BCUT2D eigenvalue weighted by Gasteiger charge is -2.29. The van der Waals surface area contributed by atoms with Gasteiger partial charge in [-0.05, 0) is 31.0 Å². The van der Waals surface area contributed by atoms with Crippen molar-refractivity contribution in [2.75, 3.05) is 13.2 Å². The van der Waals surface area contributed by atoms with Gasteiger partial charge in [0.15, 0.2) is 5.78 Å². The summed E-state index contributed by atoms with van der Waals surface area (Å²) >= 11 is 0. The highest BCUT2D eigenvalue weighted by atomic mass is 16.5. The number of benzene rings is 2. The summed E-state index contributed by atoms with van der Waals surface area (Å²) in [4.78, 5) is 19.4. The number of hydrogen-bond donors (Lipinski definition) is 1. The van der Waals surface area contributed by atoms with Crippen molar-refractivity contribution < 1.29 is 14.6 Å². The molecule has 0 fully saturated rings. The minimum absolute atomic E-state index is 0.0848. The molecule has 1 heterocycles. The molecule has 1 aromatic heterocycles. The monoisotopic (exact) mass is 432 g/mol. The van der Waals surface area contributed by atoms with Gasteiger partial charge in [0, 0.05) is 43.5 Å². The topological polar surface area (TPSA) is 62.7 Å². The van der Waals surface area contributed by atoms with Crippen molar-refractivity contribution in [3.63, 3.8) is 0 Å². The largest absolute Gasteiger partial charge is 0.389 e. The van der Waals surface area contributed by atoms with Crippen LogP contribution in [0.15, 0.2) is 85.2 Å². The average Bonchev–Trinajstić information content (AvgIpc) is 2.82. The first-order valence-electron chi connectivity index (χ1n) is 11.1. The normalized spacial score (nSPS) is 13.3. The molecule has 5 heteroatoms. The Morgan fingerprint density at radius 1 is 0.969 bits per heavy atom. The highest BCUT2D eigenvalue weighted by Gasteiger charge is 2.24. The minimum Gasteiger partial charge on any atom is -0.389 e. The fraction of sp³-hybridized carbons (Fsp3) is 0.333. The number of nitrogens with zero attached hydrogens (tertiary/aromatic N) is 2. The second-order valence-electron chi connectivity index (χ2n) is 8.28. The molecular formula is C27H32N2O3. The SMILES string of the molecule is CC(C)N(Cc1ccccc1)CC(O)COC(Cc1cccnc1)C(=O)c1ccccc1. The van der Waals surface area contributed by atoms with E-state index in [4.69, 9.17) is 4.74 Å². The fourth-order valence-corrected chi connectivity index (χ4v) is 3.58. The molecule has 0 saturated carbocycles.